The first kappa shape index (κ1) is 25.1. The molecular weight excluding hydrogens is 485 g/mol. The van der Waals surface area contributed by atoms with E-state index >= 15 is 0 Å². The molecule has 1 N–H and O–H groups in total. The molecule has 5 rings (SSSR count). The van der Waals surface area contributed by atoms with Crippen LogP contribution in [0.2, 0.25) is 0 Å². The van der Waals surface area contributed by atoms with Gasteiger partial charge in [-0.2, -0.15) is 10.2 Å². The van der Waals surface area contributed by atoms with Crippen LogP contribution in [0.4, 0.5) is 10.1 Å². The lowest BCUT2D eigenvalue weighted by Gasteiger charge is -2.14. The van der Waals surface area contributed by atoms with Crippen LogP contribution in [0.5, 0.6) is 5.75 Å². The molecule has 4 aromatic rings. The van der Waals surface area contributed by atoms with Gasteiger partial charge in [-0.3, -0.25) is 15.5 Å². The number of aromatic nitrogens is 5. The van der Waals surface area contributed by atoms with Gasteiger partial charge in [-0.1, -0.05) is 6.92 Å². The topological polar surface area (TPSA) is 158 Å². The number of aryl methyl sites for hydroxylation is 2. The van der Waals surface area contributed by atoms with Crippen molar-refractivity contribution in [2.24, 2.45) is 16.0 Å². The monoisotopic (exact) mass is 507 g/mol. The van der Waals surface area contributed by atoms with Gasteiger partial charge in [-0.15, -0.1) is 10.2 Å². The molecule has 0 amide bonds. The summed E-state index contributed by atoms with van der Waals surface area (Å²) in [4.78, 5) is 18.0. The molecule has 1 unspecified atom stereocenters. The predicted octanol–water partition coefficient (Wildman–Crippen LogP) is 3.85. The van der Waals surface area contributed by atoms with Gasteiger partial charge in [0.2, 0.25) is 11.8 Å². The van der Waals surface area contributed by atoms with Crippen LogP contribution in [0.25, 0.3) is 11.1 Å². The zero-order valence-electron chi connectivity index (χ0n) is 20.1. The molecule has 37 heavy (non-hydrogen) atoms. The van der Waals surface area contributed by atoms with E-state index in [4.69, 9.17) is 9.15 Å². The molecule has 0 fully saturated rings. The molecule has 190 valence electrons. The Kier molecular flexibility index (Phi) is 7.56. The van der Waals surface area contributed by atoms with E-state index in [9.17, 15) is 14.5 Å². The van der Waals surface area contributed by atoms with Crippen LogP contribution in [-0.2, 0) is 0 Å². The molecule has 0 radical (unpaired) electrons. The number of fused-ring (bicyclic) bond motifs is 1. The van der Waals surface area contributed by atoms with Gasteiger partial charge in [-0.25, -0.2) is 18.9 Å². The molecule has 1 aliphatic heterocycles. The first-order valence-corrected chi connectivity index (χ1v) is 11.0. The Bertz CT molecular complexity index is 1510. The Labute approximate surface area is 209 Å². The summed E-state index contributed by atoms with van der Waals surface area (Å²) in [5.74, 6) is -0.308. The number of non-ortho nitro benzene ring substituents is 1. The first-order chi connectivity index (χ1) is 17.8. The highest BCUT2D eigenvalue weighted by Crippen LogP contribution is 2.27. The maximum atomic E-state index is 14.1. The van der Waals surface area contributed by atoms with Gasteiger partial charge in [0, 0.05) is 37.4 Å². The maximum absolute atomic E-state index is 14.1. The maximum Gasteiger partial charge on any atom is 0.272 e. The molecule has 1 aromatic carbocycles. The highest BCUT2D eigenvalue weighted by Gasteiger charge is 2.22. The van der Waals surface area contributed by atoms with Crippen molar-refractivity contribution in [3.63, 3.8) is 0 Å². The molecule has 1 aliphatic rings. The number of ether oxygens (including phenoxy) is 1. The number of nitrogens with one attached hydrogen (secondary N) is 1. The number of hydrogen-bond donors (Lipinski definition) is 1. The van der Waals surface area contributed by atoms with Gasteiger partial charge in [-0.05, 0) is 30.5 Å². The van der Waals surface area contributed by atoms with Crippen molar-refractivity contribution in [1.82, 2.24) is 30.2 Å². The Morgan fingerprint density at radius 1 is 1.27 bits per heavy atom. The van der Waals surface area contributed by atoms with Crippen LogP contribution >= 0.6 is 0 Å². The fourth-order valence-corrected chi connectivity index (χ4v) is 3.35. The van der Waals surface area contributed by atoms with Gasteiger partial charge < -0.3 is 9.15 Å². The standard InChI is InChI=1S/C16H15FN6O4.C7H7N3/c1-9-5-15(27-14-4-3-11(23(24)25)6-13(14)17)18-8-20-19-7-12(9)16-22-21-10(2)26-16;1-6-2-3-10-7(6)4-8-5-9-10/h3-4,6-9,19H,5H2,1-2H3;2-5H,1H3/b12-7+,18-15?,20-8-;. The Balaban J connectivity index is 0.000000265. The van der Waals surface area contributed by atoms with E-state index in [0.29, 0.717) is 17.4 Å². The highest BCUT2D eigenvalue weighted by molar-refractivity contribution is 5.87. The third-order valence-corrected chi connectivity index (χ3v) is 5.25. The zero-order chi connectivity index (χ0) is 26.4. The van der Waals surface area contributed by atoms with Crippen molar-refractivity contribution in [1.29, 1.82) is 0 Å². The lowest BCUT2D eigenvalue weighted by molar-refractivity contribution is -0.385. The normalized spacial score (nSPS) is 17.6. The van der Waals surface area contributed by atoms with Crippen LogP contribution in [0, 0.1) is 35.7 Å². The molecule has 13 nitrogen and oxygen atoms in total. The van der Waals surface area contributed by atoms with Gasteiger partial charge in [0.25, 0.3) is 5.69 Å². The van der Waals surface area contributed by atoms with Crippen LogP contribution in [-0.4, -0.2) is 42.0 Å². The van der Waals surface area contributed by atoms with Crippen molar-refractivity contribution in [2.45, 2.75) is 27.2 Å². The predicted molar refractivity (Wildman–Crippen MR) is 131 cm³/mol. The second-order valence-electron chi connectivity index (χ2n) is 7.94. The number of rotatable bonds is 3. The smallest absolute Gasteiger partial charge is 0.272 e. The van der Waals surface area contributed by atoms with E-state index in [1.807, 2.05) is 36.8 Å². The number of benzene rings is 1. The Hall–Kier alpha value is -5.01. The lowest BCUT2D eigenvalue weighted by atomic mass is 9.98. The van der Waals surface area contributed by atoms with E-state index in [0.717, 1.165) is 17.6 Å². The van der Waals surface area contributed by atoms with Crippen molar-refractivity contribution < 1.29 is 18.5 Å². The minimum atomic E-state index is -0.863. The van der Waals surface area contributed by atoms with Gasteiger partial charge in [0.15, 0.2) is 17.5 Å². The van der Waals surface area contributed by atoms with Gasteiger partial charge in [0.1, 0.15) is 12.7 Å². The van der Waals surface area contributed by atoms with Gasteiger partial charge in [0.05, 0.1) is 22.7 Å². The number of nitro groups is 1. The van der Waals surface area contributed by atoms with Crippen LogP contribution in [0.3, 0.4) is 0 Å². The summed E-state index contributed by atoms with van der Waals surface area (Å²) >= 11 is 0. The van der Waals surface area contributed by atoms with Crippen LogP contribution in [0.1, 0.15) is 30.7 Å². The third kappa shape index (κ3) is 6.17. The van der Waals surface area contributed by atoms with E-state index in [2.05, 4.69) is 35.8 Å². The number of allylic oxidation sites excluding steroid dienone is 1. The first-order valence-electron chi connectivity index (χ1n) is 11.0. The molecule has 0 spiro atoms. The second kappa shape index (κ2) is 11.2. The quantitative estimate of drug-likeness (QED) is 0.321. The van der Waals surface area contributed by atoms with Crippen molar-refractivity contribution >= 4 is 29.0 Å². The summed E-state index contributed by atoms with van der Waals surface area (Å²) in [7, 11) is 0. The Morgan fingerprint density at radius 3 is 2.81 bits per heavy atom. The van der Waals surface area contributed by atoms with E-state index in [1.54, 1.807) is 13.1 Å². The zero-order valence-corrected chi connectivity index (χ0v) is 20.1. The number of nitrogens with zero attached hydrogens (tertiary/aromatic N) is 8. The van der Waals surface area contributed by atoms with Crippen molar-refractivity contribution in [3.8, 4) is 5.75 Å². The van der Waals surface area contributed by atoms with E-state index in [1.165, 1.54) is 24.3 Å². The molecule has 14 heteroatoms. The van der Waals surface area contributed by atoms with Gasteiger partial charge >= 0.3 is 0 Å². The number of aliphatic imine (C=N–C) groups is 1. The fraction of sp³-hybridized carbons (Fsp3) is 0.217. The minimum absolute atomic E-state index is 0.171. The third-order valence-electron chi connectivity index (χ3n) is 5.25. The average molecular weight is 507 g/mol. The fourth-order valence-electron chi connectivity index (χ4n) is 3.35. The number of halogens is 1. The number of nitro benzene ring substituents is 1. The molecular formula is C23H22FN9O4. The second-order valence-corrected chi connectivity index (χ2v) is 7.94. The summed E-state index contributed by atoms with van der Waals surface area (Å²) in [5, 5.41) is 26.4. The summed E-state index contributed by atoms with van der Waals surface area (Å²) in [5.41, 5.74) is 5.29. The van der Waals surface area contributed by atoms with Crippen LogP contribution < -0.4 is 10.2 Å². The van der Waals surface area contributed by atoms with E-state index < -0.39 is 10.7 Å². The van der Waals surface area contributed by atoms with Crippen molar-refractivity contribution in [3.05, 3.63) is 82.5 Å². The summed E-state index contributed by atoms with van der Waals surface area (Å²) < 4.78 is 26.9. The molecule has 3 aromatic heterocycles. The largest absolute Gasteiger partial charge is 0.440 e. The molecule has 1 atom stereocenters. The highest BCUT2D eigenvalue weighted by atomic mass is 19.1. The molecule has 0 saturated heterocycles. The summed E-state index contributed by atoms with van der Waals surface area (Å²) in [6.07, 6.45) is 8.36. The Morgan fingerprint density at radius 2 is 2.11 bits per heavy atom. The average Bonchev–Trinajstić information content (AvgIpc) is 3.49. The summed E-state index contributed by atoms with van der Waals surface area (Å²) in [6, 6.07) is 5.14. The molecule has 0 saturated carbocycles. The molecule has 0 aliphatic carbocycles. The lowest BCUT2D eigenvalue weighted by Crippen LogP contribution is -2.15. The SMILES string of the molecule is Cc1ccn2ncncc12.Cc1nnc(/C2=C/N/N=C\N=C(Oc3ccc([N+](=O)[O-])cc3F)CC2C)o1. The number of hydrogen-bond acceptors (Lipinski definition) is 11. The minimum Gasteiger partial charge on any atom is -0.440 e. The van der Waals surface area contributed by atoms with Crippen molar-refractivity contribution in [2.75, 3.05) is 0 Å². The summed E-state index contributed by atoms with van der Waals surface area (Å²) in [6.45, 7) is 5.60. The van der Waals surface area contributed by atoms with Crippen LogP contribution in [0.15, 0.2) is 63.7 Å². The molecule has 4 heterocycles. The molecule has 0 bridgehead atoms. The van der Waals surface area contributed by atoms with E-state index in [-0.39, 0.29) is 29.7 Å². The number of hydrazone groups is 1.